The highest BCUT2D eigenvalue weighted by molar-refractivity contribution is 5.69. The van der Waals surface area contributed by atoms with Gasteiger partial charge in [-0.25, -0.2) is 19.5 Å². The van der Waals surface area contributed by atoms with Gasteiger partial charge < -0.3 is 15.3 Å². The number of aromatic hydroxyl groups is 1. The van der Waals surface area contributed by atoms with Gasteiger partial charge in [0, 0.05) is 36.4 Å². The van der Waals surface area contributed by atoms with Gasteiger partial charge in [0.05, 0.1) is 23.8 Å². The van der Waals surface area contributed by atoms with Crippen molar-refractivity contribution < 1.29 is 5.11 Å². The van der Waals surface area contributed by atoms with Crippen LogP contribution in [0.5, 0.6) is 5.75 Å². The Labute approximate surface area is 198 Å². The number of imidazole rings is 1. The van der Waals surface area contributed by atoms with Gasteiger partial charge in [-0.05, 0) is 58.7 Å². The molecule has 1 saturated heterocycles. The zero-order chi connectivity index (χ0) is 24.0. The molecule has 1 aliphatic rings. The summed E-state index contributed by atoms with van der Waals surface area (Å²) in [4.78, 5) is 15.5. The van der Waals surface area contributed by atoms with Gasteiger partial charge in [0.2, 0.25) is 5.95 Å². The fourth-order valence-corrected chi connectivity index (χ4v) is 4.37. The summed E-state index contributed by atoms with van der Waals surface area (Å²) in [5.74, 6) is 0.583. The summed E-state index contributed by atoms with van der Waals surface area (Å²) in [6.07, 6.45) is 6.19. The van der Waals surface area contributed by atoms with Crippen molar-refractivity contribution in [2.24, 2.45) is 0 Å². The first-order valence-electron chi connectivity index (χ1n) is 11.4. The normalized spacial score (nSPS) is 16.5. The van der Waals surface area contributed by atoms with Crippen molar-refractivity contribution in [3.8, 4) is 28.4 Å². The minimum absolute atomic E-state index is 0.00155. The molecule has 0 unspecified atom stereocenters. The third-order valence-electron chi connectivity index (χ3n) is 5.79. The van der Waals surface area contributed by atoms with E-state index in [-0.39, 0.29) is 11.3 Å². The third-order valence-corrected chi connectivity index (χ3v) is 5.79. The molecular weight excluding hydrogens is 430 g/mol. The molecule has 0 saturated carbocycles. The smallest absolute Gasteiger partial charge is 0.245 e. The van der Waals surface area contributed by atoms with E-state index in [0.29, 0.717) is 34.6 Å². The molecule has 1 aliphatic heterocycles. The van der Waals surface area contributed by atoms with Gasteiger partial charge in [-0.2, -0.15) is 5.10 Å². The van der Waals surface area contributed by atoms with Crippen LogP contribution in [0.25, 0.3) is 28.3 Å². The lowest BCUT2D eigenvalue weighted by Crippen LogP contribution is -2.45. The zero-order valence-corrected chi connectivity index (χ0v) is 20.1. The molecule has 34 heavy (non-hydrogen) atoms. The van der Waals surface area contributed by atoms with Crippen molar-refractivity contribution in [3.05, 3.63) is 42.0 Å². The van der Waals surface area contributed by atoms with Crippen LogP contribution in [0, 0.1) is 13.8 Å². The second kappa shape index (κ2) is 8.28. The van der Waals surface area contributed by atoms with Crippen molar-refractivity contribution in [1.82, 2.24) is 40.1 Å². The van der Waals surface area contributed by atoms with Crippen molar-refractivity contribution in [3.63, 3.8) is 0 Å². The molecule has 176 valence electrons. The van der Waals surface area contributed by atoms with E-state index < -0.39 is 0 Å². The number of anilines is 1. The summed E-state index contributed by atoms with van der Waals surface area (Å²) >= 11 is 0. The van der Waals surface area contributed by atoms with Gasteiger partial charge in [-0.15, -0.1) is 10.2 Å². The Hall–Kier alpha value is -3.66. The van der Waals surface area contributed by atoms with Crippen LogP contribution < -0.4 is 10.2 Å². The number of aryl methyl sites for hydroxylation is 2. The van der Waals surface area contributed by atoms with E-state index in [0.717, 1.165) is 36.4 Å². The molecule has 0 radical (unpaired) electrons. The number of fused-ring (bicyclic) bond motifs is 1. The first kappa shape index (κ1) is 22.1. The molecule has 4 aromatic rings. The maximum absolute atomic E-state index is 10.7. The Bertz CT molecular complexity index is 1340. The van der Waals surface area contributed by atoms with E-state index >= 15 is 0 Å². The average Bonchev–Trinajstić information content (AvgIpc) is 3.38. The number of nitrogens with zero attached hydrogens (tertiary/aromatic N) is 8. The molecule has 0 aromatic carbocycles. The lowest BCUT2D eigenvalue weighted by Gasteiger charge is -2.25. The van der Waals surface area contributed by atoms with Crippen molar-refractivity contribution in [2.45, 2.75) is 52.6 Å². The summed E-state index contributed by atoms with van der Waals surface area (Å²) in [5.41, 5.74) is 4.92. The Morgan fingerprint density at radius 3 is 2.59 bits per heavy atom. The highest BCUT2D eigenvalue weighted by atomic mass is 16.3. The molecule has 10 nitrogen and oxygen atoms in total. The number of rotatable bonds is 4. The van der Waals surface area contributed by atoms with Crippen LogP contribution in [0.1, 0.15) is 38.4 Å². The maximum Gasteiger partial charge on any atom is 0.245 e. The van der Waals surface area contributed by atoms with E-state index in [1.54, 1.807) is 23.0 Å². The molecule has 0 spiro atoms. The highest BCUT2D eigenvalue weighted by Crippen LogP contribution is 2.30. The Morgan fingerprint density at radius 1 is 1.06 bits per heavy atom. The van der Waals surface area contributed by atoms with Crippen LogP contribution in [-0.2, 0) is 0 Å². The molecule has 0 aliphatic carbocycles. The van der Waals surface area contributed by atoms with Gasteiger partial charge >= 0.3 is 0 Å². The fourth-order valence-electron chi connectivity index (χ4n) is 4.37. The van der Waals surface area contributed by atoms with E-state index in [2.05, 4.69) is 61.2 Å². The molecule has 1 fully saturated rings. The van der Waals surface area contributed by atoms with Crippen LogP contribution in [0.4, 0.5) is 5.95 Å². The van der Waals surface area contributed by atoms with E-state index in [9.17, 15) is 5.11 Å². The summed E-state index contributed by atoms with van der Waals surface area (Å²) in [7, 11) is 0. The highest BCUT2D eigenvalue weighted by Gasteiger charge is 2.27. The van der Waals surface area contributed by atoms with E-state index in [1.165, 1.54) is 0 Å². The Morgan fingerprint density at radius 2 is 1.88 bits per heavy atom. The maximum atomic E-state index is 10.7. The van der Waals surface area contributed by atoms with Crippen LogP contribution in [0.3, 0.4) is 0 Å². The molecule has 0 bridgehead atoms. The molecule has 2 N–H and O–H groups in total. The standard InChI is InChI=1S/C24H29N9O/c1-14-8-18(31-33-12-15(2)27-22(14)33)16-9-20(34)21(25-10-16)19-11-26-23(30-29-19)32-7-6-17(13-32)28-24(3,4)5/h8-12,17,28,34H,6-7,13H2,1-5H3/t17-/m1/s1. The van der Waals surface area contributed by atoms with Gasteiger partial charge in [-0.1, -0.05) is 0 Å². The van der Waals surface area contributed by atoms with Gasteiger partial charge in [0.1, 0.15) is 17.1 Å². The first-order chi connectivity index (χ1) is 16.2. The second-order valence-electron chi connectivity index (χ2n) is 9.92. The van der Waals surface area contributed by atoms with Crippen LogP contribution in [-0.4, -0.2) is 64.5 Å². The average molecular weight is 460 g/mol. The largest absolute Gasteiger partial charge is 0.506 e. The number of pyridine rings is 1. The lowest BCUT2D eigenvalue weighted by atomic mass is 10.1. The predicted molar refractivity (Wildman–Crippen MR) is 130 cm³/mol. The van der Waals surface area contributed by atoms with Crippen molar-refractivity contribution in [1.29, 1.82) is 0 Å². The minimum atomic E-state index is -0.00155. The lowest BCUT2D eigenvalue weighted by molar-refractivity contribution is 0.373. The first-order valence-corrected chi connectivity index (χ1v) is 11.4. The van der Waals surface area contributed by atoms with Crippen LogP contribution >= 0.6 is 0 Å². The van der Waals surface area contributed by atoms with Gasteiger partial charge in [0.15, 0.2) is 5.65 Å². The van der Waals surface area contributed by atoms with E-state index in [1.807, 2.05) is 26.1 Å². The number of hydrogen-bond acceptors (Lipinski definition) is 9. The summed E-state index contributed by atoms with van der Waals surface area (Å²) in [6.45, 7) is 12.1. The predicted octanol–water partition coefficient (Wildman–Crippen LogP) is 2.93. The second-order valence-corrected chi connectivity index (χ2v) is 9.92. The van der Waals surface area contributed by atoms with Gasteiger partial charge in [-0.3, -0.25) is 0 Å². The Kier molecular flexibility index (Phi) is 5.40. The molecule has 1 atom stereocenters. The minimum Gasteiger partial charge on any atom is -0.506 e. The molecule has 0 amide bonds. The fraction of sp³-hybridized carbons (Fsp3) is 0.417. The molecule has 4 aromatic heterocycles. The molecule has 5 heterocycles. The topological polar surface area (TPSA) is 117 Å². The molecular formula is C24H29N9O. The van der Waals surface area contributed by atoms with Crippen molar-refractivity contribution >= 4 is 11.6 Å². The number of nitrogens with one attached hydrogen (secondary N) is 1. The Balaban J connectivity index is 1.35. The summed E-state index contributed by atoms with van der Waals surface area (Å²) in [5, 5.41) is 27.5. The SMILES string of the molecule is Cc1cn2nc(-c3cnc(-c4cnc(N5CC[C@@H](NC(C)(C)C)C5)nn4)c(O)c3)cc(C)c2n1. The summed E-state index contributed by atoms with van der Waals surface area (Å²) < 4.78 is 1.75. The molecule has 5 rings (SSSR count). The van der Waals surface area contributed by atoms with Gasteiger partial charge in [0.25, 0.3) is 0 Å². The van der Waals surface area contributed by atoms with Crippen LogP contribution in [0.15, 0.2) is 30.7 Å². The quantitative estimate of drug-likeness (QED) is 0.475. The molecule has 10 heteroatoms. The third kappa shape index (κ3) is 4.41. The van der Waals surface area contributed by atoms with Crippen molar-refractivity contribution in [2.75, 3.05) is 18.0 Å². The number of hydrogen-bond donors (Lipinski definition) is 2. The summed E-state index contributed by atoms with van der Waals surface area (Å²) in [6, 6.07) is 3.97. The monoisotopic (exact) mass is 459 g/mol. The number of aromatic nitrogens is 7. The zero-order valence-electron chi connectivity index (χ0n) is 20.1. The van der Waals surface area contributed by atoms with Crippen LogP contribution in [0.2, 0.25) is 0 Å². The van der Waals surface area contributed by atoms with E-state index in [4.69, 9.17) is 0 Å².